The number of hydrogen-bond acceptors (Lipinski definition) is 3. The van der Waals surface area contributed by atoms with Gasteiger partial charge in [0.1, 0.15) is 0 Å². The van der Waals surface area contributed by atoms with Crippen LogP contribution in [0.3, 0.4) is 0 Å². The molecule has 0 saturated carbocycles. The van der Waals surface area contributed by atoms with Crippen LogP contribution in [0.15, 0.2) is 0 Å². The van der Waals surface area contributed by atoms with Gasteiger partial charge in [0.15, 0.2) is 0 Å². The molecule has 2 N–H and O–H groups in total. The molecule has 0 unspecified atom stereocenters. The van der Waals surface area contributed by atoms with Crippen LogP contribution in [-0.4, -0.2) is 61.5 Å². The number of nitrogens with one attached hydrogen (secondary N) is 1. The maximum atomic E-state index is 12.2. The van der Waals surface area contributed by atoms with Gasteiger partial charge in [0.25, 0.3) is 0 Å². The number of nitrogens with zero attached hydrogens (tertiary/aromatic N) is 1. The summed E-state index contributed by atoms with van der Waals surface area (Å²) in [7, 11) is 1.02. The highest BCUT2D eigenvalue weighted by Crippen LogP contribution is 2.29. The first kappa shape index (κ1) is 14.6. The Bertz CT molecular complexity index is 341. The standard InChI is InChI=1S/C9H13F3N2O4/c1-14(6(15)9(10,11)12)3-8(4-18-5-8)2-13-7(16)17/h13H,2-5H2,1H3,(H,16,17). The summed E-state index contributed by atoms with van der Waals surface area (Å²) in [5.41, 5.74) is -0.784. The molecule has 0 aromatic heterocycles. The van der Waals surface area contributed by atoms with Gasteiger partial charge in [-0.3, -0.25) is 4.79 Å². The van der Waals surface area contributed by atoms with Crippen molar-refractivity contribution in [3.8, 4) is 0 Å². The molecular weight excluding hydrogens is 257 g/mol. The molecule has 0 spiro atoms. The molecule has 1 rings (SSSR count). The highest BCUT2D eigenvalue weighted by atomic mass is 19.4. The van der Waals surface area contributed by atoms with Gasteiger partial charge >= 0.3 is 18.2 Å². The van der Waals surface area contributed by atoms with Gasteiger partial charge in [0, 0.05) is 20.1 Å². The van der Waals surface area contributed by atoms with E-state index in [0.717, 1.165) is 7.05 Å². The molecule has 1 fully saturated rings. The minimum absolute atomic E-state index is 0.0577. The Hall–Kier alpha value is -1.51. The minimum Gasteiger partial charge on any atom is -0.465 e. The van der Waals surface area contributed by atoms with Crippen LogP contribution in [0.4, 0.5) is 18.0 Å². The van der Waals surface area contributed by atoms with Gasteiger partial charge in [-0.15, -0.1) is 0 Å². The third-order valence-electron chi connectivity index (χ3n) is 2.59. The Kier molecular flexibility index (Phi) is 4.05. The predicted octanol–water partition coefficient (Wildman–Crippen LogP) is 0.291. The van der Waals surface area contributed by atoms with Gasteiger partial charge in [-0.1, -0.05) is 0 Å². The molecule has 1 aliphatic heterocycles. The first-order valence-electron chi connectivity index (χ1n) is 5.03. The Morgan fingerprint density at radius 1 is 1.44 bits per heavy atom. The molecule has 6 nitrogen and oxygen atoms in total. The maximum absolute atomic E-state index is 12.2. The van der Waals surface area contributed by atoms with Crippen LogP contribution >= 0.6 is 0 Å². The van der Waals surface area contributed by atoms with Crippen LogP contribution < -0.4 is 5.32 Å². The number of carbonyl (C=O) groups excluding carboxylic acids is 1. The molecule has 0 aromatic carbocycles. The zero-order chi connectivity index (χ0) is 14.0. The molecule has 2 amide bonds. The zero-order valence-electron chi connectivity index (χ0n) is 9.58. The molecule has 1 aliphatic rings. The third kappa shape index (κ3) is 3.49. The van der Waals surface area contributed by atoms with E-state index in [9.17, 15) is 22.8 Å². The zero-order valence-corrected chi connectivity index (χ0v) is 9.58. The summed E-state index contributed by atoms with van der Waals surface area (Å²) in [5, 5.41) is 10.5. The number of hydrogen-bond donors (Lipinski definition) is 2. The number of halogens is 3. The van der Waals surface area contributed by atoms with Gasteiger partial charge in [0.05, 0.1) is 18.6 Å². The number of carboxylic acid groups (broad SMARTS) is 1. The van der Waals surface area contributed by atoms with E-state index in [1.54, 1.807) is 0 Å². The second-order valence-corrected chi connectivity index (χ2v) is 4.31. The molecule has 0 bridgehead atoms. The van der Waals surface area contributed by atoms with Crippen molar-refractivity contribution >= 4 is 12.0 Å². The van der Waals surface area contributed by atoms with Crippen molar-refractivity contribution in [3.05, 3.63) is 0 Å². The lowest BCUT2D eigenvalue weighted by Gasteiger charge is -2.43. The highest BCUT2D eigenvalue weighted by Gasteiger charge is 2.46. The van der Waals surface area contributed by atoms with Crippen LogP contribution in [-0.2, 0) is 9.53 Å². The largest absolute Gasteiger partial charge is 0.471 e. The van der Waals surface area contributed by atoms with Crippen molar-refractivity contribution in [2.24, 2.45) is 5.41 Å². The highest BCUT2D eigenvalue weighted by molar-refractivity contribution is 5.81. The fourth-order valence-corrected chi connectivity index (χ4v) is 1.69. The van der Waals surface area contributed by atoms with Crippen LogP contribution in [0.25, 0.3) is 0 Å². The number of carbonyl (C=O) groups is 2. The lowest BCUT2D eigenvalue weighted by Crippen LogP contribution is -2.58. The van der Waals surface area contributed by atoms with Crippen molar-refractivity contribution in [3.63, 3.8) is 0 Å². The minimum atomic E-state index is -4.93. The van der Waals surface area contributed by atoms with E-state index in [1.807, 2.05) is 0 Å². The van der Waals surface area contributed by atoms with E-state index in [4.69, 9.17) is 9.84 Å². The summed E-state index contributed by atoms with van der Waals surface area (Å²) in [6, 6.07) is 0. The van der Waals surface area contributed by atoms with Crippen LogP contribution in [0.1, 0.15) is 0 Å². The van der Waals surface area contributed by atoms with Crippen LogP contribution in [0.5, 0.6) is 0 Å². The normalized spacial score (nSPS) is 17.8. The van der Waals surface area contributed by atoms with Gasteiger partial charge in [0.2, 0.25) is 0 Å². The smallest absolute Gasteiger partial charge is 0.465 e. The third-order valence-corrected chi connectivity index (χ3v) is 2.59. The maximum Gasteiger partial charge on any atom is 0.471 e. The summed E-state index contributed by atoms with van der Waals surface area (Å²) in [4.78, 5) is 21.8. The van der Waals surface area contributed by atoms with Gasteiger partial charge < -0.3 is 20.1 Å². The van der Waals surface area contributed by atoms with E-state index < -0.39 is 23.6 Å². The molecule has 18 heavy (non-hydrogen) atoms. The number of ether oxygens (including phenoxy) is 1. The van der Waals surface area contributed by atoms with Crippen molar-refractivity contribution < 1.29 is 32.6 Å². The summed E-state index contributed by atoms with van der Waals surface area (Å²) in [5.74, 6) is -1.95. The van der Waals surface area contributed by atoms with Crippen LogP contribution in [0.2, 0.25) is 0 Å². The van der Waals surface area contributed by atoms with Crippen molar-refractivity contribution in [1.82, 2.24) is 10.2 Å². The van der Waals surface area contributed by atoms with Crippen molar-refractivity contribution in [1.29, 1.82) is 0 Å². The Balaban J connectivity index is 2.57. The molecule has 0 atom stereocenters. The molecule has 1 heterocycles. The number of amides is 2. The Morgan fingerprint density at radius 2 is 2.00 bits per heavy atom. The topological polar surface area (TPSA) is 78.9 Å². The second kappa shape index (κ2) is 5.01. The average molecular weight is 270 g/mol. The molecule has 0 aliphatic carbocycles. The number of rotatable bonds is 4. The fourth-order valence-electron chi connectivity index (χ4n) is 1.69. The van der Waals surface area contributed by atoms with Gasteiger partial charge in [-0.2, -0.15) is 13.2 Å². The van der Waals surface area contributed by atoms with E-state index in [1.165, 1.54) is 0 Å². The monoisotopic (exact) mass is 270 g/mol. The van der Waals surface area contributed by atoms with E-state index >= 15 is 0 Å². The summed E-state index contributed by atoms with van der Waals surface area (Å²) in [6.45, 7) is -0.0467. The predicted molar refractivity (Wildman–Crippen MR) is 53.0 cm³/mol. The van der Waals surface area contributed by atoms with Gasteiger partial charge in [-0.05, 0) is 0 Å². The molecule has 0 aromatic rings. The first-order valence-corrected chi connectivity index (χ1v) is 5.03. The van der Waals surface area contributed by atoms with Crippen LogP contribution in [0, 0.1) is 5.41 Å². The Morgan fingerprint density at radius 3 is 2.33 bits per heavy atom. The molecule has 9 heteroatoms. The number of alkyl halides is 3. The molecule has 1 saturated heterocycles. The fraction of sp³-hybridized carbons (Fsp3) is 0.778. The lowest BCUT2D eigenvalue weighted by atomic mass is 9.85. The Labute approximate surface area is 101 Å². The summed E-state index contributed by atoms with van der Waals surface area (Å²) >= 11 is 0. The average Bonchev–Trinajstić information content (AvgIpc) is 2.18. The molecule has 104 valence electrons. The van der Waals surface area contributed by atoms with E-state index in [-0.39, 0.29) is 26.3 Å². The lowest BCUT2D eigenvalue weighted by molar-refractivity contribution is -0.190. The molecular formula is C9H13F3N2O4. The van der Waals surface area contributed by atoms with Crippen molar-refractivity contribution in [2.45, 2.75) is 6.18 Å². The SMILES string of the molecule is CN(CC1(CNC(=O)O)COC1)C(=O)C(F)(F)F. The quantitative estimate of drug-likeness (QED) is 0.769. The van der Waals surface area contributed by atoms with E-state index in [0.29, 0.717) is 4.90 Å². The van der Waals surface area contributed by atoms with Crippen molar-refractivity contribution in [2.75, 3.05) is 33.4 Å². The summed E-state index contributed by atoms with van der Waals surface area (Å²) in [6.07, 6.45) is -6.20. The second-order valence-electron chi connectivity index (χ2n) is 4.31. The molecule has 0 radical (unpaired) electrons. The summed E-state index contributed by atoms with van der Waals surface area (Å²) < 4.78 is 41.4. The first-order chi connectivity index (χ1) is 8.16. The van der Waals surface area contributed by atoms with E-state index in [2.05, 4.69) is 5.32 Å². The van der Waals surface area contributed by atoms with Gasteiger partial charge in [-0.25, -0.2) is 4.79 Å².